The summed E-state index contributed by atoms with van der Waals surface area (Å²) in [5.41, 5.74) is 5.50. The molecule has 0 bridgehead atoms. The number of rotatable bonds is 5. The second kappa shape index (κ2) is 5.86. The summed E-state index contributed by atoms with van der Waals surface area (Å²) in [4.78, 5) is 0. The molecule has 2 N–H and O–H groups in total. The standard InChI is InChI=1S/C12H13BrFN3O/c13-10-8-9(14)2-3-11(10)18-7-1-5-17-6-4-12(15)16-17/h2-4,6,8H,1,5,7H2,(H2,15,16). The maximum atomic E-state index is 12.9. The largest absolute Gasteiger partial charge is 0.492 e. The summed E-state index contributed by atoms with van der Waals surface area (Å²) in [6.45, 7) is 1.26. The van der Waals surface area contributed by atoms with Gasteiger partial charge in [0, 0.05) is 19.2 Å². The summed E-state index contributed by atoms with van der Waals surface area (Å²) in [7, 11) is 0. The van der Waals surface area contributed by atoms with Crippen molar-refractivity contribution in [1.29, 1.82) is 0 Å². The first kappa shape index (κ1) is 12.9. The molecule has 0 spiro atoms. The number of aryl methyl sites for hydroxylation is 1. The smallest absolute Gasteiger partial charge is 0.145 e. The first-order chi connectivity index (χ1) is 8.65. The van der Waals surface area contributed by atoms with E-state index in [2.05, 4.69) is 21.0 Å². The number of nitrogen functional groups attached to an aromatic ring is 1. The predicted octanol–water partition coefficient (Wildman–Crippen LogP) is 2.84. The highest BCUT2D eigenvalue weighted by atomic mass is 79.9. The molecule has 0 radical (unpaired) electrons. The maximum absolute atomic E-state index is 12.9. The van der Waals surface area contributed by atoms with Crippen LogP contribution < -0.4 is 10.5 Å². The predicted molar refractivity (Wildman–Crippen MR) is 70.9 cm³/mol. The molecule has 0 fully saturated rings. The fourth-order valence-electron chi connectivity index (χ4n) is 1.50. The molecule has 1 aromatic heterocycles. The van der Waals surface area contributed by atoms with Crippen LogP contribution in [0.5, 0.6) is 5.75 Å². The van der Waals surface area contributed by atoms with Gasteiger partial charge in [-0.2, -0.15) is 5.10 Å². The Hall–Kier alpha value is -1.56. The molecule has 1 aromatic carbocycles. The van der Waals surface area contributed by atoms with E-state index in [0.29, 0.717) is 22.6 Å². The number of anilines is 1. The van der Waals surface area contributed by atoms with Gasteiger partial charge < -0.3 is 10.5 Å². The van der Waals surface area contributed by atoms with Crippen molar-refractivity contribution in [3.63, 3.8) is 0 Å². The van der Waals surface area contributed by atoms with E-state index in [1.807, 2.05) is 6.20 Å². The molecule has 1 heterocycles. The van der Waals surface area contributed by atoms with Crippen molar-refractivity contribution in [3.05, 3.63) is 40.8 Å². The highest BCUT2D eigenvalue weighted by molar-refractivity contribution is 9.10. The molecule has 0 amide bonds. The van der Waals surface area contributed by atoms with E-state index in [1.165, 1.54) is 12.1 Å². The third-order valence-electron chi connectivity index (χ3n) is 2.34. The Morgan fingerprint density at radius 2 is 2.22 bits per heavy atom. The molecule has 0 aliphatic rings. The monoisotopic (exact) mass is 313 g/mol. The summed E-state index contributed by atoms with van der Waals surface area (Å²) < 4.78 is 20.8. The minimum absolute atomic E-state index is 0.291. The van der Waals surface area contributed by atoms with Crippen molar-refractivity contribution in [2.24, 2.45) is 0 Å². The van der Waals surface area contributed by atoms with E-state index in [4.69, 9.17) is 10.5 Å². The van der Waals surface area contributed by atoms with Crippen LogP contribution in [0.2, 0.25) is 0 Å². The van der Waals surface area contributed by atoms with Gasteiger partial charge in [-0.1, -0.05) is 0 Å². The fourth-order valence-corrected chi connectivity index (χ4v) is 1.97. The minimum atomic E-state index is -0.291. The normalized spacial score (nSPS) is 10.6. The molecule has 0 saturated heterocycles. The van der Waals surface area contributed by atoms with Gasteiger partial charge in [-0.3, -0.25) is 4.68 Å². The second-order valence-electron chi connectivity index (χ2n) is 3.78. The molecule has 18 heavy (non-hydrogen) atoms. The highest BCUT2D eigenvalue weighted by Crippen LogP contribution is 2.25. The Morgan fingerprint density at radius 1 is 1.39 bits per heavy atom. The molecule has 0 unspecified atom stereocenters. The van der Waals surface area contributed by atoms with Crippen molar-refractivity contribution in [2.75, 3.05) is 12.3 Å². The lowest BCUT2D eigenvalue weighted by Crippen LogP contribution is -2.05. The van der Waals surface area contributed by atoms with E-state index < -0.39 is 0 Å². The third kappa shape index (κ3) is 3.46. The van der Waals surface area contributed by atoms with Crippen LogP contribution in [-0.4, -0.2) is 16.4 Å². The van der Waals surface area contributed by atoms with E-state index in [-0.39, 0.29) is 5.82 Å². The number of aromatic nitrogens is 2. The lowest BCUT2D eigenvalue weighted by Gasteiger charge is -2.08. The molecule has 0 saturated carbocycles. The van der Waals surface area contributed by atoms with Gasteiger partial charge in [-0.25, -0.2) is 4.39 Å². The zero-order valence-electron chi connectivity index (χ0n) is 9.64. The van der Waals surface area contributed by atoms with Gasteiger partial charge in [0.25, 0.3) is 0 Å². The molecule has 6 heteroatoms. The first-order valence-corrected chi connectivity index (χ1v) is 6.31. The Labute approximate surface area is 113 Å². The first-order valence-electron chi connectivity index (χ1n) is 5.52. The molecule has 0 atom stereocenters. The van der Waals surface area contributed by atoms with E-state index in [9.17, 15) is 4.39 Å². The average molecular weight is 314 g/mol. The fraction of sp³-hybridized carbons (Fsp3) is 0.250. The van der Waals surface area contributed by atoms with E-state index >= 15 is 0 Å². The minimum Gasteiger partial charge on any atom is -0.492 e. The van der Waals surface area contributed by atoms with E-state index in [0.717, 1.165) is 13.0 Å². The third-order valence-corrected chi connectivity index (χ3v) is 2.96. The van der Waals surface area contributed by atoms with Crippen molar-refractivity contribution in [2.45, 2.75) is 13.0 Å². The molecule has 0 aliphatic carbocycles. The van der Waals surface area contributed by atoms with E-state index in [1.54, 1.807) is 16.8 Å². The van der Waals surface area contributed by atoms with Gasteiger partial charge in [-0.15, -0.1) is 0 Å². The molecule has 96 valence electrons. The van der Waals surface area contributed by atoms with Crippen LogP contribution in [0.1, 0.15) is 6.42 Å². The van der Waals surface area contributed by atoms with Crippen LogP contribution in [0.4, 0.5) is 10.2 Å². The lowest BCUT2D eigenvalue weighted by molar-refractivity contribution is 0.296. The van der Waals surface area contributed by atoms with Gasteiger partial charge in [-0.05, 0) is 40.2 Å². The number of hydrogen-bond acceptors (Lipinski definition) is 3. The van der Waals surface area contributed by atoms with Gasteiger partial charge in [0.05, 0.1) is 11.1 Å². The highest BCUT2D eigenvalue weighted by Gasteiger charge is 2.02. The van der Waals surface area contributed by atoms with Gasteiger partial charge in [0.2, 0.25) is 0 Å². The average Bonchev–Trinajstić information content (AvgIpc) is 2.73. The zero-order chi connectivity index (χ0) is 13.0. The molecule has 0 aliphatic heterocycles. The molecule has 4 nitrogen and oxygen atoms in total. The van der Waals surface area contributed by atoms with Gasteiger partial charge in [0.15, 0.2) is 0 Å². The Morgan fingerprint density at radius 3 is 2.89 bits per heavy atom. The maximum Gasteiger partial charge on any atom is 0.145 e. The van der Waals surface area contributed by atoms with Crippen LogP contribution in [0.25, 0.3) is 0 Å². The van der Waals surface area contributed by atoms with Crippen LogP contribution in [0.3, 0.4) is 0 Å². The van der Waals surface area contributed by atoms with Crippen molar-refractivity contribution < 1.29 is 9.13 Å². The van der Waals surface area contributed by atoms with Crippen LogP contribution >= 0.6 is 15.9 Å². The van der Waals surface area contributed by atoms with Gasteiger partial charge >= 0.3 is 0 Å². The summed E-state index contributed by atoms with van der Waals surface area (Å²) >= 11 is 3.25. The molecule has 2 rings (SSSR count). The van der Waals surface area contributed by atoms with Gasteiger partial charge in [0.1, 0.15) is 17.4 Å². The van der Waals surface area contributed by atoms with Crippen LogP contribution in [-0.2, 0) is 6.54 Å². The van der Waals surface area contributed by atoms with Crippen LogP contribution in [0, 0.1) is 5.82 Å². The second-order valence-corrected chi connectivity index (χ2v) is 4.63. The number of nitrogens with zero attached hydrogens (tertiary/aromatic N) is 2. The zero-order valence-corrected chi connectivity index (χ0v) is 11.2. The molecular weight excluding hydrogens is 301 g/mol. The summed E-state index contributed by atoms with van der Waals surface area (Å²) in [6.07, 6.45) is 2.62. The SMILES string of the molecule is Nc1ccn(CCCOc2ccc(F)cc2Br)n1. The molecule has 2 aromatic rings. The lowest BCUT2D eigenvalue weighted by atomic mass is 10.3. The molecular formula is C12H13BrFN3O. The number of nitrogens with two attached hydrogens (primary N) is 1. The number of benzene rings is 1. The van der Waals surface area contributed by atoms with Crippen molar-refractivity contribution in [3.8, 4) is 5.75 Å². The quantitative estimate of drug-likeness (QED) is 0.864. The number of halogens is 2. The number of ether oxygens (including phenoxy) is 1. The summed E-state index contributed by atoms with van der Waals surface area (Å²) in [5.74, 6) is 0.856. The van der Waals surface area contributed by atoms with Crippen LogP contribution in [0.15, 0.2) is 34.9 Å². The topological polar surface area (TPSA) is 53.1 Å². The van der Waals surface area contributed by atoms with Crippen molar-refractivity contribution in [1.82, 2.24) is 9.78 Å². The van der Waals surface area contributed by atoms with Crippen molar-refractivity contribution >= 4 is 21.7 Å². The Kier molecular flexibility index (Phi) is 4.19. The Balaban J connectivity index is 1.78. The summed E-state index contributed by atoms with van der Waals surface area (Å²) in [6, 6.07) is 6.10. The number of hydrogen-bond donors (Lipinski definition) is 1. The Bertz CT molecular complexity index is 530. The summed E-state index contributed by atoms with van der Waals surface area (Å²) in [5, 5.41) is 4.06.